The van der Waals surface area contributed by atoms with E-state index < -0.39 is 30.5 Å². The number of carbonyl (C=O) groups excluding carboxylic acids is 2. The second-order valence-corrected chi connectivity index (χ2v) is 8.08. The van der Waals surface area contributed by atoms with Crippen molar-refractivity contribution in [3.63, 3.8) is 0 Å². The number of aromatic nitrogens is 2. The number of ether oxygens (including phenoxy) is 2. The molecule has 0 fully saturated rings. The van der Waals surface area contributed by atoms with E-state index in [1.807, 2.05) is 0 Å². The van der Waals surface area contributed by atoms with Crippen LogP contribution in [0.25, 0.3) is 11.4 Å². The highest BCUT2D eigenvalue weighted by atomic mass is 16.6. The van der Waals surface area contributed by atoms with Gasteiger partial charge in [-0.25, -0.2) is 9.59 Å². The lowest BCUT2D eigenvalue weighted by Crippen LogP contribution is -2.41. The monoisotopic (exact) mass is 376 g/mol. The first-order valence-corrected chi connectivity index (χ1v) is 8.52. The minimum Gasteiger partial charge on any atom is -0.443 e. The number of rotatable bonds is 2. The van der Waals surface area contributed by atoms with Crippen molar-refractivity contribution in [3.05, 3.63) is 30.5 Å². The van der Waals surface area contributed by atoms with Gasteiger partial charge < -0.3 is 19.5 Å². The Morgan fingerprint density at radius 2 is 1.44 bits per heavy atom. The van der Waals surface area contributed by atoms with Crippen LogP contribution < -0.4 is 5.59 Å². The summed E-state index contributed by atoms with van der Waals surface area (Å²) in [5.41, 5.74) is -0.941. The summed E-state index contributed by atoms with van der Waals surface area (Å²) in [6, 6.07) is 6.14. The Bertz CT molecular complexity index is 839. The van der Waals surface area contributed by atoms with Gasteiger partial charge in [-0.05, 0) is 65.8 Å². The van der Waals surface area contributed by atoms with E-state index in [9.17, 15) is 19.6 Å². The maximum Gasteiger partial charge on any atom is 0.506 e. The van der Waals surface area contributed by atoms with Crippen molar-refractivity contribution < 1.29 is 29.1 Å². The Balaban J connectivity index is 2.54. The average Bonchev–Trinajstić information content (AvgIpc) is 3.09. The van der Waals surface area contributed by atoms with Gasteiger partial charge in [0.1, 0.15) is 11.2 Å². The molecular formula is C18H25BN2O6. The standard InChI is InChI=1S/C18H25BN2O6/c1-17(2,3)26-15(22)20-11-7-8-12(20)13-9-10-14(19(24)25)21(13)16(23)27-18(4,5)6/h7-11,24-25H,1-6H3. The molecule has 0 aliphatic rings. The van der Waals surface area contributed by atoms with Gasteiger partial charge in [0, 0.05) is 6.20 Å². The molecule has 0 radical (unpaired) electrons. The third-order valence-corrected chi connectivity index (χ3v) is 3.35. The maximum atomic E-state index is 12.7. The van der Waals surface area contributed by atoms with Gasteiger partial charge in [-0.2, -0.15) is 0 Å². The zero-order valence-corrected chi connectivity index (χ0v) is 16.4. The fraction of sp³-hybridized carbons (Fsp3) is 0.444. The summed E-state index contributed by atoms with van der Waals surface area (Å²) in [6.45, 7) is 10.3. The molecule has 0 atom stereocenters. The highest BCUT2D eigenvalue weighted by Crippen LogP contribution is 2.23. The molecular weight excluding hydrogens is 351 g/mol. The van der Waals surface area contributed by atoms with Crippen LogP contribution in [0.5, 0.6) is 0 Å². The molecule has 0 bridgehead atoms. The minimum absolute atomic E-state index is 0.0730. The van der Waals surface area contributed by atoms with Crippen molar-refractivity contribution in [1.29, 1.82) is 0 Å². The third kappa shape index (κ3) is 5.02. The quantitative estimate of drug-likeness (QED) is 0.779. The summed E-state index contributed by atoms with van der Waals surface area (Å²) < 4.78 is 13.0. The summed E-state index contributed by atoms with van der Waals surface area (Å²) in [4.78, 5) is 25.1. The highest BCUT2D eigenvalue weighted by molar-refractivity contribution is 6.58. The van der Waals surface area contributed by atoms with Crippen LogP contribution >= 0.6 is 0 Å². The first kappa shape index (κ1) is 20.8. The van der Waals surface area contributed by atoms with E-state index in [1.165, 1.54) is 22.9 Å². The zero-order valence-electron chi connectivity index (χ0n) is 16.4. The van der Waals surface area contributed by atoms with Crippen molar-refractivity contribution in [2.45, 2.75) is 52.7 Å². The lowest BCUT2D eigenvalue weighted by atomic mass is 9.86. The lowest BCUT2D eigenvalue weighted by molar-refractivity contribution is 0.0522. The molecule has 0 aliphatic carbocycles. The van der Waals surface area contributed by atoms with Crippen molar-refractivity contribution in [2.24, 2.45) is 0 Å². The van der Waals surface area contributed by atoms with Crippen LogP contribution in [0.1, 0.15) is 41.5 Å². The lowest BCUT2D eigenvalue weighted by Gasteiger charge is -2.23. The Morgan fingerprint density at radius 3 is 1.96 bits per heavy atom. The molecule has 0 unspecified atom stereocenters. The van der Waals surface area contributed by atoms with Gasteiger partial charge >= 0.3 is 19.3 Å². The predicted octanol–water partition coefficient (Wildman–Crippen LogP) is 2.20. The molecule has 9 heteroatoms. The summed E-state index contributed by atoms with van der Waals surface area (Å²) in [5.74, 6) is 0. The van der Waals surface area contributed by atoms with E-state index in [4.69, 9.17) is 9.47 Å². The van der Waals surface area contributed by atoms with Crippen LogP contribution in [0.4, 0.5) is 9.59 Å². The van der Waals surface area contributed by atoms with E-state index in [0.717, 1.165) is 4.57 Å². The van der Waals surface area contributed by atoms with E-state index >= 15 is 0 Å². The van der Waals surface area contributed by atoms with Crippen molar-refractivity contribution in [1.82, 2.24) is 9.13 Å². The Morgan fingerprint density at radius 1 is 0.889 bits per heavy atom. The minimum atomic E-state index is -1.89. The summed E-state index contributed by atoms with van der Waals surface area (Å²) in [6.07, 6.45) is 0.0957. The van der Waals surface area contributed by atoms with E-state index in [-0.39, 0.29) is 11.3 Å². The molecule has 27 heavy (non-hydrogen) atoms. The van der Waals surface area contributed by atoms with E-state index in [2.05, 4.69) is 0 Å². The molecule has 0 aromatic carbocycles. The zero-order chi connectivity index (χ0) is 20.6. The molecule has 8 nitrogen and oxygen atoms in total. The SMILES string of the molecule is CC(C)(C)OC(=O)n1cccc1-c1ccc(B(O)O)n1C(=O)OC(C)(C)C. The molecule has 0 saturated heterocycles. The second kappa shape index (κ2) is 7.24. The summed E-state index contributed by atoms with van der Waals surface area (Å²) in [7, 11) is -1.89. The van der Waals surface area contributed by atoms with Crippen LogP contribution in [0.2, 0.25) is 0 Å². The Labute approximate surface area is 158 Å². The smallest absolute Gasteiger partial charge is 0.443 e. The van der Waals surface area contributed by atoms with Crippen LogP contribution in [0.15, 0.2) is 30.5 Å². The molecule has 2 aromatic rings. The molecule has 2 heterocycles. The van der Waals surface area contributed by atoms with Gasteiger partial charge in [0.05, 0.1) is 17.0 Å². The topological polar surface area (TPSA) is 103 Å². The number of nitrogens with zero attached hydrogens (tertiary/aromatic N) is 2. The molecule has 2 aromatic heterocycles. The predicted molar refractivity (Wildman–Crippen MR) is 101 cm³/mol. The molecule has 0 spiro atoms. The van der Waals surface area contributed by atoms with Crippen molar-refractivity contribution >= 4 is 24.9 Å². The van der Waals surface area contributed by atoms with Gasteiger partial charge in [-0.1, -0.05) is 0 Å². The number of hydrogen-bond acceptors (Lipinski definition) is 6. The van der Waals surface area contributed by atoms with Gasteiger partial charge in [0.15, 0.2) is 0 Å². The van der Waals surface area contributed by atoms with Crippen LogP contribution in [0, 0.1) is 0 Å². The van der Waals surface area contributed by atoms with Crippen molar-refractivity contribution in [3.8, 4) is 11.4 Å². The molecule has 146 valence electrons. The first-order chi connectivity index (χ1) is 12.3. The van der Waals surface area contributed by atoms with E-state index in [0.29, 0.717) is 5.69 Å². The Kier molecular flexibility index (Phi) is 5.58. The van der Waals surface area contributed by atoms with E-state index in [1.54, 1.807) is 53.7 Å². The van der Waals surface area contributed by atoms with Crippen LogP contribution in [0.3, 0.4) is 0 Å². The van der Waals surface area contributed by atoms with Gasteiger partial charge in [0.2, 0.25) is 0 Å². The molecule has 2 N–H and O–H groups in total. The normalized spacial score (nSPS) is 12.0. The van der Waals surface area contributed by atoms with Crippen LogP contribution in [-0.2, 0) is 9.47 Å². The Hall–Kier alpha value is -2.52. The molecule has 0 amide bonds. The first-order valence-electron chi connectivity index (χ1n) is 8.52. The number of hydrogen-bond donors (Lipinski definition) is 2. The largest absolute Gasteiger partial charge is 0.506 e. The molecule has 0 saturated carbocycles. The molecule has 0 aliphatic heterocycles. The molecule has 2 rings (SSSR count). The maximum absolute atomic E-state index is 12.7. The highest BCUT2D eigenvalue weighted by Gasteiger charge is 2.29. The summed E-state index contributed by atoms with van der Waals surface area (Å²) in [5, 5.41) is 19.2. The fourth-order valence-electron chi connectivity index (χ4n) is 2.43. The third-order valence-electron chi connectivity index (χ3n) is 3.35. The fourth-order valence-corrected chi connectivity index (χ4v) is 2.43. The number of carbonyl (C=O) groups is 2. The van der Waals surface area contributed by atoms with Crippen LogP contribution in [-0.4, -0.2) is 49.7 Å². The van der Waals surface area contributed by atoms with Gasteiger partial charge in [-0.3, -0.25) is 9.13 Å². The van der Waals surface area contributed by atoms with Gasteiger partial charge in [-0.15, -0.1) is 0 Å². The average molecular weight is 376 g/mol. The summed E-state index contributed by atoms with van der Waals surface area (Å²) >= 11 is 0. The van der Waals surface area contributed by atoms with Crippen molar-refractivity contribution in [2.75, 3.05) is 0 Å². The second-order valence-electron chi connectivity index (χ2n) is 8.08. The van der Waals surface area contributed by atoms with Gasteiger partial charge in [0.25, 0.3) is 0 Å².